The van der Waals surface area contributed by atoms with Crippen molar-refractivity contribution in [3.8, 4) is 0 Å². The van der Waals surface area contributed by atoms with Crippen molar-refractivity contribution in [2.75, 3.05) is 5.43 Å². The Kier molecular flexibility index (Phi) is 3.75. The van der Waals surface area contributed by atoms with Crippen LogP contribution in [-0.4, -0.2) is 17.5 Å². The topological polar surface area (TPSA) is 67.8 Å². The van der Waals surface area contributed by atoms with E-state index in [4.69, 9.17) is 4.74 Å². The van der Waals surface area contributed by atoms with Gasteiger partial charge in [-0.1, -0.05) is 18.2 Å². The normalized spacial score (nSPS) is 19.8. The van der Waals surface area contributed by atoms with E-state index < -0.39 is 11.9 Å². The molecule has 0 saturated heterocycles. The van der Waals surface area contributed by atoms with Crippen molar-refractivity contribution >= 4 is 23.2 Å². The Morgan fingerprint density at radius 2 is 1.95 bits per heavy atom. The number of esters is 1. The maximum Gasteiger partial charge on any atom is 0.327 e. The summed E-state index contributed by atoms with van der Waals surface area (Å²) >= 11 is 0. The molecule has 5 nitrogen and oxygen atoms in total. The maximum atomic E-state index is 11.8. The van der Waals surface area contributed by atoms with Crippen LogP contribution >= 0.6 is 0 Å². The molecule has 19 heavy (non-hydrogen) atoms. The third kappa shape index (κ3) is 3.07. The second-order valence-corrected chi connectivity index (χ2v) is 4.24. The van der Waals surface area contributed by atoms with Crippen molar-refractivity contribution in [3.05, 3.63) is 42.2 Å². The number of nitrogens with zero attached hydrogens (tertiary/aromatic N) is 1. The number of carbonyl (C=O) groups excluding carboxylic acids is 2. The van der Waals surface area contributed by atoms with Crippen LogP contribution in [0.1, 0.15) is 13.8 Å². The average Bonchev–Trinajstić information content (AvgIpc) is 2.36. The Labute approximate surface area is 111 Å². The highest BCUT2D eigenvalue weighted by Crippen LogP contribution is 2.16. The summed E-state index contributed by atoms with van der Waals surface area (Å²) in [7, 11) is 0. The molecule has 98 valence electrons. The molecule has 0 aromatic heterocycles. The minimum atomic E-state index is -0.958. The Bertz CT molecular complexity index is 561. The number of hydrazone groups is 1. The van der Waals surface area contributed by atoms with Gasteiger partial charge in [0.1, 0.15) is 5.76 Å². The lowest BCUT2D eigenvalue weighted by Gasteiger charge is -2.18. The summed E-state index contributed by atoms with van der Waals surface area (Å²) in [6, 6.07) is 9.28. The number of ether oxygens (including phenoxy) is 1. The van der Waals surface area contributed by atoms with E-state index in [1.165, 1.54) is 6.08 Å². The molecule has 0 saturated carbocycles. The Morgan fingerprint density at radius 3 is 2.58 bits per heavy atom. The number of para-hydroxylation sites is 1. The van der Waals surface area contributed by atoms with E-state index in [1.807, 2.05) is 30.3 Å². The Hall–Kier alpha value is -2.43. The van der Waals surface area contributed by atoms with E-state index in [1.54, 1.807) is 13.8 Å². The van der Waals surface area contributed by atoms with Crippen molar-refractivity contribution < 1.29 is 14.3 Å². The second kappa shape index (κ2) is 5.48. The van der Waals surface area contributed by atoms with E-state index in [0.29, 0.717) is 11.5 Å². The number of rotatable bonds is 3. The highest BCUT2D eigenvalue weighted by Gasteiger charge is 2.33. The molecular formula is C14H14N2O3. The number of allylic oxidation sites excluding steroid dienone is 2. The van der Waals surface area contributed by atoms with Gasteiger partial charge in [0.25, 0.3) is 0 Å². The third-order valence-electron chi connectivity index (χ3n) is 2.68. The third-order valence-corrected chi connectivity index (χ3v) is 2.68. The Morgan fingerprint density at radius 1 is 1.26 bits per heavy atom. The first-order chi connectivity index (χ1) is 9.08. The van der Waals surface area contributed by atoms with Crippen molar-refractivity contribution in [1.29, 1.82) is 0 Å². The SMILES string of the molecule is CC1=CC(=O)[C@H](/C(C)=N/Nc2ccccc2)C(=O)O1. The number of cyclic esters (lactones) is 1. The van der Waals surface area contributed by atoms with Gasteiger partial charge in [-0.25, -0.2) is 0 Å². The first-order valence-electron chi connectivity index (χ1n) is 5.87. The van der Waals surface area contributed by atoms with Crippen molar-refractivity contribution in [2.45, 2.75) is 13.8 Å². The van der Waals surface area contributed by atoms with Crippen molar-refractivity contribution in [3.63, 3.8) is 0 Å². The molecule has 1 aromatic rings. The van der Waals surface area contributed by atoms with Gasteiger partial charge in [0.2, 0.25) is 0 Å². The average molecular weight is 258 g/mol. The van der Waals surface area contributed by atoms with Crippen LogP contribution in [0.15, 0.2) is 47.3 Å². The Balaban J connectivity index is 2.13. The maximum absolute atomic E-state index is 11.8. The molecule has 1 heterocycles. The molecule has 0 amide bonds. The number of nitrogens with one attached hydrogen (secondary N) is 1. The van der Waals surface area contributed by atoms with Gasteiger partial charge in [0.15, 0.2) is 11.7 Å². The summed E-state index contributed by atoms with van der Waals surface area (Å²) in [5.41, 5.74) is 3.96. The number of benzene rings is 1. The molecule has 0 bridgehead atoms. The standard InChI is InChI=1S/C14H14N2O3/c1-9-8-12(17)13(14(18)19-9)10(2)15-16-11-6-4-3-5-7-11/h3-8,13,16H,1-2H3/b15-10+/t13-/m0/s1. The van der Waals surface area contributed by atoms with Crippen LogP contribution in [-0.2, 0) is 14.3 Å². The second-order valence-electron chi connectivity index (χ2n) is 4.24. The number of hydrogen-bond donors (Lipinski definition) is 1. The summed E-state index contributed by atoms with van der Waals surface area (Å²) < 4.78 is 4.94. The highest BCUT2D eigenvalue weighted by atomic mass is 16.5. The van der Waals surface area contributed by atoms with Crippen LogP contribution in [0, 0.1) is 5.92 Å². The fourth-order valence-electron chi connectivity index (χ4n) is 1.75. The number of anilines is 1. The largest absolute Gasteiger partial charge is 0.430 e. The van der Waals surface area contributed by atoms with Gasteiger partial charge in [-0.2, -0.15) is 5.10 Å². The van der Waals surface area contributed by atoms with Gasteiger partial charge in [-0.15, -0.1) is 0 Å². The minimum Gasteiger partial charge on any atom is -0.430 e. The smallest absolute Gasteiger partial charge is 0.327 e. The van der Waals surface area contributed by atoms with E-state index in [0.717, 1.165) is 5.69 Å². The molecule has 2 rings (SSSR count). The zero-order chi connectivity index (χ0) is 13.8. The molecule has 0 spiro atoms. The van der Waals surface area contributed by atoms with Gasteiger partial charge >= 0.3 is 5.97 Å². The van der Waals surface area contributed by atoms with E-state index >= 15 is 0 Å². The number of carbonyl (C=O) groups is 2. The van der Waals surface area contributed by atoms with Crippen molar-refractivity contribution in [2.24, 2.45) is 11.0 Å². The van der Waals surface area contributed by atoms with Gasteiger partial charge < -0.3 is 4.74 Å². The predicted octanol–water partition coefficient (Wildman–Crippen LogP) is 2.12. The molecule has 1 aliphatic heterocycles. The molecule has 0 radical (unpaired) electrons. The predicted molar refractivity (Wildman–Crippen MR) is 71.5 cm³/mol. The van der Waals surface area contributed by atoms with E-state index in [2.05, 4.69) is 10.5 Å². The van der Waals surface area contributed by atoms with Gasteiger partial charge in [0.05, 0.1) is 11.4 Å². The summed E-state index contributed by atoms with van der Waals surface area (Å²) in [6.07, 6.45) is 1.31. The molecule has 1 N–H and O–H groups in total. The van der Waals surface area contributed by atoms with Crippen LogP contribution < -0.4 is 5.43 Å². The fourth-order valence-corrected chi connectivity index (χ4v) is 1.75. The highest BCUT2D eigenvalue weighted by molar-refractivity contribution is 6.22. The quantitative estimate of drug-likeness (QED) is 0.390. The summed E-state index contributed by atoms with van der Waals surface area (Å²) in [4.78, 5) is 23.5. The molecule has 0 unspecified atom stereocenters. The molecule has 0 aliphatic carbocycles. The number of hydrogen-bond acceptors (Lipinski definition) is 5. The van der Waals surface area contributed by atoms with Crippen LogP contribution in [0.3, 0.4) is 0 Å². The molecule has 1 aromatic carbocycles. The van der Waals surface area contributed by atoms with Crippen LogP contribution in [0.2, 0.25) is 0 Å². The fraction of sp³-hybridized carbons (Fsp3) is 0.214. The zero-order valence-corrected chi connectivity index (χ0v) is 10.7. The van der Waals surface area contributed by atoms with Crippen LogP contribution in [0.4, 0.5) is 5.69 Å². The lowest BCUT2D eigenvalue weighted by atomic mass is 9.97. The van der Waals surface area contributed by atoms with E-state index in [9.17, 15) is 9.59 Å². The molecule has 0 fully saturated rings. The number of ketones is 1. The molecular weight excluding hydrogens is 244 g/mol. The van der Waals surface area contributed by atoms with Gasteiger partial charge in [-0.3, -0.25) is 15.0 Å². The summed E-state index contributed by atoms with van der Waals surface area (Å²) in [6.45, 7) is 3.19. The van der Waals surface area contributed by atoms with Gasteiger partial charge in [-0.05, 0) is 26.0 Å². The minimum absolute atomic E-state index is 0.301. The van der Waals surface area contributed by atoms with E-state index in [-0.39, 0.29) is 5.78 Å². The van der Waals surface area contributed by atoms with Crippen LogP contribution in [0.25, 0.3) is 0 Å². The van der Waals surface area contributed by atoms with Gasteiger partial charge in [0, 0.05) is 6.08 Å². The monoisotopic (exact) mass is 258 g/mol. The first-order valence-corrected chi connectivity index (χ1v) is 5.87. The lowest BCUT2D eigenvalue weighted by molar-refractivity contribution is -0.146. The molecule has 5 heteroatoms. The first kappa shape index (κ1) is 13.0. The lowest BCUT2D eigenvalue weighted by Crippen LogP contribution is -2.34. The molecule has 1 aliphatic rings. The summed E-state index contributed by atoms with van der Waals surface area (Å²) in [5, 5.41) is 4.06. The summed E-state index contributed by atoms with van der Waals surface area (Å²) in [5.74, 6) is -1.53. The van der Waals surface area contributed by atoms with Crippen LogP contribution in [0.5, 0.6) is 0 Å². The zero-order valence-electron chi connectivity index (χ0n) is 10.7. The molecule has 1 atom stereocenters. The van der Waals surface area contributed by atoms with Crippen molar-refractivity contribution in [1.82, 2.24) is 0 Å².